The maximum absolute atomic E-state index is 12.3. The van der Waals surface area contributed by atoms with E-state index in [1.807, 2.05) is 30.7 Å². The summed E-state index contributed by atoms with van der Waals surface area (Å²) in [7, 11) is 1.91. The van der Waals surface area contributed by atoms with Crippen LogP contribution in [0.1, 0.15) is 49.6 Å². The fraction of sp³-hybridized carbons (Fsp3) is 0.571. The number of carbonyl (C=O) groups is 1. The molecular weight excluding hydrogens is 372 g/mol. The van der Waals surface area contributed by atoms with Crippen molar-refractivity contribution >= 4 is 17.7 Å². The molecule has 1 N–H and O–H groups in total. The number of hydrogen-bond acceptors (Lipinski definition) is 5. The number of nitrogens with one attached hydrogen (secondary N) is 1. The summed E-state index contributed by atoms with van der Waals surface area (Å²) in [5, 5.41) is 12.3. The summed E-state index contributed by atoms with van der Waals surface area (Å²) in [5.41, 5.74) is 2.31. The normalized spacial score (nSPS) is 19.4. The zero-order valence-electron chi connectivity index (χ0n) is 17.2. The highest BCUT2D eigenvalue weighted by Crippen LogP contribution is 2.24. The Morgan fingerprint density at radius 2 is 2.07 bits per heavy atom. The zero-order valence-corrected chi connectivity index (χ0v) is 18.0. The largest absolute Gasteiger partial charge is 0.485 e. The predicted molar refractivity (Wildman–Crippen MR) is 112 cm³/mol. The Kier molecular flexibility index (Phi) is 6.99. The van der Waals surface area contributed by atoms with Crippen molar-refractivity contribution in [2.45, 2.75) is 64.3 Å². The monoisotopic (exact) mass is 402 g/mol. The van der Waals surface area contributed by atoms with Crippen LogP contribution in [0.3, 0.4) is 0 Å². The minimum absolute atomic E-state index is 0.0693. The van der Waals surface area contributed by atoms with E-state index in [9.17, 15) is 4.79 Å². The van der Waals surface area contributed by atoms with Gasteiger partial charge in [0.2, 0.25) is 5.91 Å². The number of rotatable bonds is 7. The van der Waals surface area contributed by atoms with Gasteiger partial charge in [0.1, 0.15) is 12.4 Å². The van der Waals surface area contributed by atoms with Crippen LogP contribution in [0, 0.1) is 19.8 Å². The Hall–Kier alpha value is -2.02. The van der Waals surface area contributed by atoms with E-state index in [1.54, 1.807) is 0 Å². The minimum Gasteiger partial charge on any atom is -0.485 e. The molecule has 1 aromatic carbocycles. The molecule has 0 saturated heterocycles. The molecule has 3 rings (SSSR count). The van der Waals surface area contributed by atoms with Gasteiger partial charge in [-0.25, -0.2) is 0 Å². The van der Waals surface area contributed by atoms with E-state index in [0.717, 1.165) is 28.7 Å². The van der Waals surface area contributed by atoms with Crippen LogP contribution in [0.2, 0.25) is 0 Å². The topological polar surface area (TPSA) is 69.0 Å². The number of thioether (sulfide) groups is 1. The summed E-state index contributed by atoms with van der Waals surface area (Å²) < 4.78 is 7.79. The molecule has 0 unspecified atom stereocenters. The molecule has 2 atom stereocenters. The van der Waals surface area contributed by atoms with Crippen LogP contribution in [0.25, 0.3) is 0 Å². The van der Waals surface area contributed by atoms with Crippen LogP contribution >= 0.6 is 11.8 Å². The quantitative estimate of drug-likeness (QED) is 0.714. The van der Waals surface area contributed by atoms with Gasteiger partial charge in [-0.1, -0.05) is 49.2 Å². The van der Waals surface area contributed by atoms with Crippen molar-refractivity contribution in [3.05, 3.63) is 35.2 Å². The Labute approximate surface area is 171 Å². The molecule has 152 valence electrons. The molecule has 0 radical (unpaired) electrons. The summed E-state index contributed by atoms with van der Waals surface area (Å²) in [6.45, 7) is 6.67. The number of aromatic nitrogens is 3. The van der Waals surface area contributed by atoms with Gasteiger partial charge in [0.15, 0.2) is 11.0 Å². The third kappa shape index (κ3) is 5.28. The molecule has 0 bridgehead atoms. The Morgan fingerprint density at radius 1 is 1.29 bits per heavy atom. The second-order valence-corrected chi connectivity index (χ2v) is 8.68. The summed E-state index contributed by atoms with van der Waals surface area (Å²) in [6.07, 6.45) is 4.76. The highest BCUT2D eigenvalue weighted by atomic mass is 32.2. The average molecular weight is 403 g/mol. The number of hydrogen-bond donors (Lipinski definition) is 1. The minimum atomic E-state index is 0.0693. The molecule has 1 aromatic heterocycles. The van der Waals surface area contributed by atoms with Crippen molar-refractivity contribution in [1.29, 1.82) is 0 Å². The van der Waals surface area contributed by atoms with Gasteiger partial charge in [0.05, 0.1) is 5.75 Å². The Bertz CT molecular complexity index is 821. The van der Waals surface area contributed by atoms with E-state index in [4.69, 9.17) is 4.74 Å². The predicted octanol–water partition coefficient (Wildman–Crippen LogP) is 3.80. The summed E-state index contributed by atoms with van der Waals surface area (Å²) in [6, 6.07) is 6.42. The summed E-state index contributed by atoms with van der Waals surface area (Å²) in [4.78, 5) is 12.3. The van der Waals surface area contributed by atoms with Crippen LogP contribution in [0.15, 0.2) is 23.4 Å². The first-order valence-corrected chi connectivity index (χ1v) is 10.9. The number of nitrogens with zero attached hydrogens (tertiary/aromatic N) is 3. The van der Waals surface area contributed by atoms with Crippen LogP contribution in [0.5, 0.6) is 5.75 Å². The smallest absolute Gasteiger partial charge is 0.230 e. The Balaban J connectivity index is 1.50. The van der Waals surface area contributed by atoms with Gasteiger partial charge in [-0.3, -0.25) is 4.79 Å². The van der Waals surface area contributed by atoms with E-state index >= 15 is 0 Å². The molecule has 0 aliphatic heterocycles. The molecule has 7 heteroatoms. The number of benzene rings is 1. The first-order chi connectivity index (χ1) is 13.4. The van der Waals surface area contributed by atoms with Gasteiger partial charge in [0.25, 0.3) is 0 Å². The van der Waals surface area contributed by atoms with E-state index < -0.39 is 0 Å². The standard InChI is InChI=1S/C21H30N4O2S/c1-14-9-10-18(16(3)11-14)27-12-19-23-24-21(25(19)4)28-13-20(26)22-17-8-6-5-7-15(17)2/h9-11,15,17H,5-8,12-13H2,1-4H3,(H,22,26)/t15-,17+/m1/s1. The first-order valence-electron chi connectivity index (χ1n) is 9.94. The lowest BCUT2D eigenvalue weighted by Crippen LogP contribution is -2.41. The molecule has 1 saturated carbocycles. The molecule has 1 amide bonds. The van der Waals surface area contributed by atoms with E-state index in [1.165, 1.54) is 36.6 Å². The van der Waals surface area contributed by atoms with E-state index in [-0.39, 0.29) is 5.91 Å². The van der Waals surface area contributed by atoms with Crippen molar-refractivity contribution in [2.24, 2.45) is 13.0 Å². The summed E-state index contributed by atoms with van der Waals surface area (Å²) >= 11 is 1.41. The molecule has 1 aliphatic rings. The SMILES string of the molecule is Cc1ccc(OCc2nnc(SCC(=O)N[C@H]3CCCC[C@H]3C)n2C)c(C)c1. The number of carbonyl (C=O) groups excluding carboxylic acids is 1. The molecule has 1 aliphatic carbocycles. The van der Waals surface area contributed by atoms with Gasteiger partial charge >= 0.3 is 0 Å². The number of ether oxygens (including phenoxy) is 1. The van der Waals surface area contributed by atoms with Crippen molar-refractivity contribution in [1.82, 2.24) is 20.1 Å². The third-order valence-corrected chi connectivity index (χ3v) is 6.42. The van der Waals surface area contributed by atoms with Crippen LogP contribution in [-0.4, -0.2) is 32.5 Å². The molecule has 6 nitrogen and oxygen atoms in total. The van der Waals surface area contributed by atoms with Gasteiger partial charge < -0.3 is 14.6 Å². The lowest BCUT2D eigenvalue weighted by molar-refractivity contribution is -0.119. The molecule has 2 aromatic rings. The fourth-order valence-electron chi connectivity index (χ4n) is 3.61. The maximum atomic E-state index is 12.3. The van der Waals surface area contributed by atoms with Crippen LogP contribution in [0.4, 0.5) is 0 Å². The lowest BCUT2D eigenvalue weighted by atomic mass is 9.86. The van der Waals surface area contributed by atoms with Gasteiger partial charge in [-0.05, 0) is 44.2 Å². The second kappa shape index (κ2) is 9.45. The third-order valence-electron chi connectivity index (χ3n) is 5.40. The first kappa shape index (κ1) is 20.7. The molecule has 1 fully saturated rings. The highest BCUT2D eigenvalue weighted by molar-refractivity contribution is 7.99. The highest BCUT2D eigenvalue weighted by Gasteiger charge is 2.23. The van der Waals surface area contributed by atoms with Crippen molar-refractivity contribution in [2.75, 3.05) is 5.75 Å². The molecule has 1 heterocycles. The van der Waals surface area contributed by atoms with Crippen molar-refractivity contribution < 1.29 is 9.53 Å². The summed E-state index contributed by atoms with van der Waals surface area (Å²) in [5.74, 6) is 2.58. The second-order valence-electron chi connectivity index (χ2n) is 7.74. The van der Waals surface area contributed by atoms with Crippen molar-refractivity contribution in [3.8, 4) is 5.75 Å². The van der Waals surface area contributed by atoms with E-state index in [2.05, 4.69) is 35.4 Å². The molecule has 0 spiro atoms. The van der Waals surface area contributed by atoms with Gasteiger partial charge in [-0.15, -0.1) is 10.2 Å². The average Bonchev–Trinajstić information content (AvgIpc) is 3.01. The number of amides is 1. The lowest BCUT2D eigenvalue weighted by Gasteiger charge is -2.29. The van der Waals surface area contributed by atoms with Crippen LogP contribution < -0.4 is 10.1 Å². The van der Waals surface area contributed by atoms with Crippen LogP contribution in [-0.2, 0) is 18.4 Å². The Morgan fingerprint density at radius 3 is 2.82 bits per heavy atom. The van der Waals surface area contributed by atoms with Gasteiger partial charge in [0, 0.05) is 13.1 Å². The molecular formula is C21H30N4O2S. The van der Waals surface area contributed by atoms with Crippen molar-refractivity contribution in [3.63, 3.8) is 0 Å². The zero-order chi connectivity index (χ0) is 20.1. The van der Waals surface area contributed by atoms with E-state index in [0.29, 0.717) is 24.3 Å². The van der Waals surface area contributed by atoms with Gasteiger partial charge in [-0.2, -0.15) is 0 Å². The number of aryl methyl sites for hydroxylation is 2. The maximum Gasteiger partial charge on any atom is 0.230 e. The molecule has 28 heavy (non-hydrogen) atoms. The fourth-order valence-corrected chi connectivity index (χ4v) is 4.35.